The highest BCUT2D eigenvalue weighted by molar-refractivity contribution is 7.85. The lowest BCUT2D eigenvalue weighted by atomic mass is 10.1. The molecular weight excluding hydrogens is 250 g/mol. The minimum absolute atomic E-state index is 0.141. The first-order chi connectivity index (χ1) is 8.54. The van der Waals surface area contributed by atoms with Gasteiger partial charge in [0.05, 0.1) is 15.9 Å². The van der Waals surface area contributed by atoms with Crippen LogP contribution >= 0.6 is 0 Å². The molecule has 1 N–H and O–H groups in total. The van der Waals surface area contributed by atoms with E-state index in [0.717, 1.165) is 16.3 Å². The Labute approximate surface area is 104 Å². The lowest BCUT2D eigenvalue weighted by Gasteiger charge is -2.03. The van der Waals surface area contributed by atoms with Crippen molar-refractivity contribution in [3.05, 3.63) is 48.5 Å². The van der Waals surface area contributed by atoms with Crippen LogP contribution in [-0.2, 0) is 10.1 Å². The summed E-state index contributed by atoms with van der Waals surface area (Å²) in [5.41, 5.74) is 1.33. The number of aromatic nitrogens is 1. The summed E-state index contributed by atoms with van der Waals surface area (Å²) in [4.78, 5) is 4.24. The van der Waals surface area contributed by atoms with E-state index in [-0.39, 0.29) is 4.90 Å². The van der Waals surface area contributed by atoms with Crippen LogP contribution in [0.3, 0.4) is 0 Å². The lowest BCUT2D eigenvalue weighted by Crippen LogP contribution is -1.97. The molecule has 0 aliphatic carbocycles. The molecular formula is C13H9NO3S. The van der Waals surface area contributed by atoms with E-state index in [2.05, 4.69) is 4.98 Å². The summed E-state index contributed by atoms with van der Waals surface area (Å²) in [6.07, 6.45) is 0. The maximum atomic E-state index is 11.1. The van der Waals surface area contributed by atoms with Crippen LogP contribution in [0.2, 0.25) is 0 Å². The molecule has 4 nitrogen and oxygen atoms in total. The maximum Gasteiger partial charge on any atom is 0.294 e. The molecule has 0 spiro atoms. The van der Waals surface area contributed by atoms with Crippen molar-refractivity contribution in [2.75, 3.05) is 0 Å². The number of benzene rings is 2. The van der Waals surface area contributed by atoms with Crippen molar-refractivity contribution >= 4 is 31.9 Å². The molecule has 0 aliphatic rings. The highest BCUT2D eigenvalue weighted by Crippen LogP contribution is 2.22. The quantitative estimate of drug-likeness (QED) is 0.539. The Hall–Kier alpha value is -1.98. The van der Waals surface area contributed by atoms with Gasteiger partial charge in [-0.25, -0.2) is 4.98 Å². The number of hydrogen-bond acceptors (Lipinski definition) is 3. The summed E-state index contributed by atoms with van der Waals surface area (Å²) in [6, 6.07) is 13.9. The van der Waals surface area contributed by atoms with Crippen molar-refractivity contribution in [3.8, 4) is 0 Å². The molecule has 3 aromatic rings. The van der Waals surface area contributed by atoms with Crippen molar-refractivity contribution in [1.29, 1.82) is 0 Å². The highest BCUT2D eigenvalue weighted by Gasteiger charge is 2.10. The Morgan fingerprint density at radius 1 is 0.889 bits per heavy atom. The van der Waals surface area contributed by atoms with Crippen molar-refractivity contribution in [2.45, 2.75) is 4.90 Å². The van der Waals surface area contributed by atoms with Gasteiger partial charge in [-0.2, -0.15) is 8.42 Å². The van der Waals surface area contributed by atoms with Crippen molar-refractivity contribution in [3.63, 3.8) is 0 Å². The Morgan fingerprint density at radius 3 is 2.39 bits per heavy atom. The molecule has 2 aromatic carbocycles. The van der Waals surface area contributed by atoms with Crippen molar-refractivity contribution < 1.29 is 13.0 Å². The fourth-order valence-corrected chi connectivity index (χ4v) is 2.41. The van der Waals surface area contributed by atoms with Gasteiger partial charge in [0.25, 0.3) is 10.1 Å². The van der Waals surface area contributed by atoms with Crippen LogP contribution in [0.15, 0.2) is 53.4 Å². The summed E-state index contributed by atoms with van der Waals surface area (Å²) in [7, 11) is -4.19. The molecule has 3 rings (SSSR count). The topological polar surface area (TPSA) is 67.3 Å². The van der Waals surface area contributed by atoms with Gasteiger partial charge < -0.3 is 0 Å². The summed E-state index contributed by atoms with van der Waals surface area (Å²) < 4.78 is 31.1. The zero-order chi connectivity index (χ0) is 12.8. The molecule has 0 bridgehead atoms. The van der Waals surface area contributed by atoms with E-state index >= 15 is 0 Å². The first kappa shape index (κ1) is 11.1. The van der Waals surface area contributed by atoms with Crippen LogP contribution in [0.1, 0.15) is 0 Å². The monoisotopic (exact) mass is 259 g/mol. The second-order valence-electron chi connectivity index (χ2n) is 4.01. The largest absolute Gasteiger partial charge is 0.294 e. The molecule has 18 heavy (non-hydrogen) atoms. The zero-order valence-electron chi connectivity index (χ0n) is 9.24. The average Bonchev–Trinajstić information content (AvgIpc) is 2.34. The standard InChI is InChI=1S/C13H9NO3S/c15-18(16,17)11-6-5-10-7-9-3-1-2-4-12(9)14-13(10)8-11/h1-8H,(H,15,16,17). The maximum absolute atomic E-state index is 11.1. The van der Waals surface area contributed by atoms with E-state index in [1.165, 1.54) is 12.1 Å². The molecule has 0 atom stereocenters. The van der Waals surface area contributed by atoms with Gasteiger partial charge >= 0.3 is 0 Å². The Bertz CT molecular complexity index is 856. The van der Waals surface area contributed by atoms with Crippen LogP contribution < -0.4 is 0 Å². The van der Waals surface area contributed by atoms with E-state index < -0.39 is 10.1 Å². The first-order valence-corrected chi connectivity index (χ1v) is 6.75. The second kappa shape index (κ2) is 3.76. The van der Waals surface area contributed by atoms with Gasteiger partial charge in [0.2, 0.25) is 0 Å². The molecule has 1 aromatic heterocycles. The van der Waals surface area contributed by atoms with Gasteiger partial charge in [0.1, 0.15) is 0 Å². The number of hydrogen-bond donors (Lipinski definition) is 1. The molecule has 0 unspecified atom stereocenters. The van der Waals surface area contributed by atoms with E-state index in [9.17, 15) is 8.42 Å². The van der Waals surface area contributed by atoms with E-state index in [1.54, 1.807) is 6.07 Å². The summed E-state index contributed by atoms with van der Waals surface area (Å²) in [6.45, 7) is 0. The Kier molecular flexibility index (Phi) is 2.33. The molecule has 5 heteroatoms. The first-order valence-electron chi connectivity index (χ1n) is 5.31. The summed E-state index contributed by atoms with van der Waals surface area (Å²) in [5.74, 6) is 0. The highest BCUT2D eigenvalue weighted by atomic mass is 32.2. The molecule has 1 heterocycles. The van der Waals surface area contributed by atoms with Crippen LogP contribution in [0.25, 0.3) is 21.8 Å². The van der Waals surface area contributed by atoms with Crippen LogP contribution in [0.4, 0.5) is 0 Å². The molecule has 0 radical (unpaired) electrons. The summed E-state index contributed by atoms with van der Waals surface area (Å²) in [5, 5.41) is 1.82. The third kappa shape index (κ3) is 1.83. The number of fused-ring (bicyclic) bond motifs is 2. The molecule has 0 saturated heterocycles. The van der Waals surface area contributed by atoms with Gasteiger partial charge in [0, 0.05) is 10.8 Å². The Balaban J connectivity index is 2.37. The average molecular weight is 259 g/mol. The summed E-state index contributed by atoms with van der Waals surface area (Å²) >= 11 is 0. The molecule has 0 fully saturated rings. The minimum atomic E-state index is -4.19. The van der Waals surface area contributed by atoms with Gasteiger partial charge in [-0.1, -0.05) is 24.3 Å². The van der Waals surface area contributed by atoms with E-state index in [0.29, 0.717) is 5.52 Å². The van der Waals surface area contributed by atoms with Crippen LogP contribution in [-0.4, -0.2) is 18.0 Å². The van der Waals surface area contributed by atoms with Gasteiger partial charge in [-0.3, -0.25) is 4.55 Å². The number of rotatable bonds is 1. The molecule has 0 saturated carbocycles. The van der Waals surface area contributed by atoms with Crippen LogP contribution in [0, 0.1) is 0 Å². The van der Waals surface area contributed by atoms with Crippen molar-refractivity contribution in [1.82, 2.24) is 4.98 Å². The minimum Gasteiger partial charge on any atom is -0.282 e. The normalized spacial score (nSPS) is 12.1. The number of para-hydroxylation sites is 1. The third-order valence-corrected chi connectivity index (χ3v) is 3.64. The molecule has 0 aliphatic heterocycles. The number of nitrogens with zero attached hydrogens (tertiary/aromatic N) is 1. The SMILES string of the molecule is O=S(=O)(O)c1ccc2cc3ccccc3nc2c1. The zero-order valence-corrected chi connectivity index (χ0v) is 10.1. The predicted molar refractivity (Wildman–Crippen MR) is 69.1 cm³/mol. The second-order valence-corrected chi connectivity index (χ2v) is 5.43. The van der Waals surface area contributed by atoms with Gasteiger partial charge in [0.15, 0.2) is 0 Å². The Morgan fingerprint density at radius 2 is 1.61 bits per heavy atom. The van der Waals surface area contributed by atoms with Crippen molar-refractivity contribution in [2.24, 2.45) is 0 Å². The third-order valence-electron chi connectivity index (χ3n) is 2.79. The van der Waals surface area contributed by atoms with E-state index in [1.807, 2.05) is 30.3 Å². The lowest BCUT2D eigenvalue weighted by molar-refractivity contribution is 0.483. The predicted octanol–water partition coefficient (Wildman–Crippen LogP) is 2.63. The fourth-order valence-electron chi connectivity index (χ4n) is 1.91. The van der Waals surface area contributed by atoms with Gasteiger partial charge in [-0.05, 0) is 24.3 Å². The van der Waals surface area contributed by atoms with Crippen LogP contribution in [0.5, 0.6) is 0 Å². The fraction of sp³-hybridized carbons (Fsp3) is 0. The van der Waals surface area contributed by atoms with E-state index in [4.69, 9.17) is 4.55 Å². The smallest absolute Gasteiger partial charge is 0.282 e. The van der Waals surface area contributed by atoms with Gasteiger partial charge in [-0.15, -0.1) is 0 Å². The number of pyridine rings is 1. The molecule has 0 amide bonds. The molecule has 90 valence electrons.